The SMILES string of the molecule is C=CCn1c(C(=O)Nc2nc(C)c(C(=O)N(C)C)s2)cc2oc(Br)cc21. The molecule has 9 heteroatoms. The number of fused-ring (bicyclic) bond motifs is 1. The molecule has 0 unspecified atom stereocenters. The number of nitrogens with zero attached hydrogens (tertiary/aromatic N) is 3. The predicted octanol–water partition coefficient (Wildman–Crippen LogP) is 3.90. The maximum absolute atomic E-state index is 12.7. The van der Waals surface area contributed by atoms with Crippen molar-refractivity contribution in [3.05, 3.63) is 45.7 Å². The number of carbonyl (C=O) groups is 2. The van der Waals surface area contributed by atoms with Crippen molar-refractivity contribution in [1.82, 2.24) is 14.5 Å². The standard InChI is InChI=1S/C17H17BrN4O3S/c1-5-6-22-10-8-13(18)25-12(10)7-11(22)15(23)20-17-19-9(2)14(26-17)16(24)21(3)4/h5,7-8H,1,6H2,2-4H3,(H,19,20,23). The number of allylic oxidation sites excluding steroid dienone is 1. The van der Waals surface area contributed by atoms with Crippen molar-refractivity contribution < 1.29 is 14.0 Å². The fraction of sp³-hybridized carbons (Fsp3) is 0.235. The third-order valence-electron chi connectivity index (χ3n) is 3.72. The molecule has 0 aliphatic heterocycles. The average Bonchev–Trinajstić information content (AvgIpc) is 3.20. The summed E-state index contributed by atoms with van der Waals surface area (Å²) in [6.07, 6.45) is 1.71. The van der Waals surface area contributed by atoms with E-state index in [-0.39, 0.29) is 11.8 Å². The highest BCUT2D eigenvalue weighted by atomic mass is 79.9. The van der Waals surface area contributed by atoms with Gasteiger partial charge in [0.1, 0.15) is 10.6 Å². The molecule has 0 radical (unpaired) electrons. The van der Waals surface area contributed by atoms with Crippen molar-refractivity contribution in [2.24, 2.45) is 0 Å². The number of thiazole rings is 1. The number of carbonyl (C=O) groups excluding carboxylic acids is 2. The molecule has 0 aliphatic rings. The monoisotopic (exact) mass is 436 g/mol. The van der Waals surface area contributed by atoms with Crippen LogP contribution < -0.4 is 5.32 Å². The number of nitrogens with one attached hydrogen (secondary N) is 1. The van der Waals surface area contributed by atoms with Crippen LogP contribution >= 0.6 is 27.3 Å². The van der Waals surface area contributed by atoms with Crippen molar-refractivity contribution in [1.29, 1.82) is 0 Å². The van der Waals surface area contributed by atoms with Crippen molar-refractivity contribution in [3.63, 3.8) is 0 Å². The van der Waals surface area contributed by atoms with Gasteiger partial charge < -0.3 is 13.9 Å². The van der Waals surface area contributed by atoms with E-state index in [0.29, 0.717) is 38.2 Å². The summed E-state index contributed by atoms with van der Waals surface area (Å²) in [5.74, 6) is -0.468. The van der Waals surface area contributed by atoms with Crippen molar-refractivity contribution in [2.45, 2.75) is 13.5 Å². The lowest BCUT2D eigenvalue weighted by Gasteiger charge is -2.08. The summed E-state index contributed by atoms with van der Waals surface area (Å²) in [6.45, 7) is 5.94. The Morgan fingerprint density at radius 2 is 2.19 bits per heavy atom. The van der Waals surface area contributed by atoms with Gasteiger partial charge in [0, 0.05) is 32.8 Å². The van der Waals surface area contributed by atoms with E-state index < -0.39 is 0 Å². The van der Waals surface area contributed by atoms with Gasteiger partial charge in [-0.25, -0.2) is 4.98 Å². The second-order valence-electron chi connectivity index (χ2n) is 5.82. The molecule has 1 N–H and O–H groups in total. The van der Waals surface area contributed by atoms with Gasteiger partial charge in [-0.3, -0.25) is 14.9 Å². The zero-order chi connectivity index (χ0) is 19.0. The van der Waals surface area contributed by atoms with Crippen molar-refractivity contribution in [2.75, 3.05) is 19.4 Å². The highest BCUT2D eigenvalue weighted by Crippen LogP contribution is 2.28. The molecule has 136 valence electrons. The molecule has 7 nitrogen and oxygen atoms in total. The molecule has 0 bridgehead atoms. The van der Waals surface area contributed by atoms with E-state index in [9.17, 15) is 9.59 Å². The molecule has 0 fully saturated rings. The van der Waals surface area contributed by atoms with E-state index in [4.69, 9.17) is 4.42 Å². The fourth-order valence-corrected chi connectivity index (χ4v) is 3.91. The summed E-state index contributed by atoms with van der Waals surface area (Å²) >= 11 is 4.44. The third-order valence-corrected chi connectivity index (χ3v) is 5.17. The molecule has 26 heavy (non-hydrogen) atoms. The number of aryl methyl sites for hydroxylation is 1. The van der Waals surface area contributed by atoms with Crippen LogP contribution in [0.5, 0.6) is 0 Å². The molecule has 2 amide bonds. The Kier molecular flexibility index (Phi) is 5.01. The number of anilines is 1. The first-order valence-corrected chi connectivity index (χ1v) is 9.32. The average molecular weight is 437 g/mol. The van der Waals surface area contributed by atoms with Gasteiger partial charge in [0.25, 0.3) is 11.8 Å². The molecule has 0 spiro atoms. The van der Waals surface area contributed by atoms with Crippen LogP contribution in [0.15, 0.2) is 33.9 Å². The Morgan fingerprint density at radius 3 is 2.85 bits per heavy atom. The highest BCUT2D eigenvalue weighted by molar-refractivity contribution is 9.10. The first-order chi connectivity index (χ1) is 12.3. The molecule has 0 aromatic carbocycles. The quantitative estimate of drug-likeness (QED) is 0.614. The number of aromatic nitrogens is 2. The van der Waals surface area contributed by atoms with Gasteiger partial charge in [0.15, 0.2) is 15.4 Å². The lowest BCUT2D eigenvalue weighted by atomic mass is 10.3. The van der Waals surface area contributed by atoms with Gasteiger partial charge in [-0.15, -0.1) is 6.58 Å². The predicted molar refractivity (Wildman–Crippen MR) is 105 cm³/mol. The van der Waals surface area contributed by atoms with Crippen LogP contribution in [-0.4, -0.2) is 40.4 Å². The molecular weight excluding hydrogens is 420 g/mol. The summed E-state index contributed by atoms with van der Waals surface area (Å²) < 4.78 is 7.93. The smallest absolute Gasteiger partial charge is 0.274 e. The summed E-state index contributed by atoms with van der Waals surface area (Å²) in [6, 6.07) is 3.47. The lowest BCUT2D eigenvalue weighted by Crippen LogP contribution is -2.21. The first-order valence-electron chi connectivity index (χ1n) is 7.71. The Bertz CT molecular complexity index is 1010. The molecule has 3 heterocycles. The Morgan fingerprint density at radius 1 is 1.46 bits per heavy atom. The van der Waals surface area contributed by atoms with Crippen LogP contribution in [0.1, 0.15) is 25.9 Å². The van der Waals surface area contributed by atoms with Crippen LogP contribution in [0.2, 0.25) is 0 Å². The zero-order valence-electron chi connectivity index (χ0n) is 14.5. The van der Waals surface area contributed by atoms with Gasteiger partial charge in [0.2, 0.25) is 0 Å². The second kappa shape index (κ2) is 7.08. The summed E-state index contributed by atoms with van der Waals surface area (Å²) in [4.78, 5) is 31.2. The van der Waals surface area contributed by atoms with E-state index in [1.54, 1.807) is 43.8 Å². The second-order valence-corrected chi connectivity index (χ2v) is 7.60. The molecule has 0 atom stereocenters. The Balaban J connectivity index is 1.91. The number of rotatable bonds is 5. The first kappa shape index (κ1) is 18.4. The summed E-state index contributed by atoms with van der Waals surface area (Å²) in [7, 11) is 3.35. The number of halogens is 1. The number of furan rings is 1. The van der Waals surface area contributed by atoms with Crippen LogP contribution in [0, 0.1) is 6.92 Å². The van der Waals surface area contributed by atoms with Crippen LogP contribution in [0.3, 0.4) is 0 Å². The molecule has 0 aliphatic carbocycles. The van der Waals surface area contributed by atoms with E-state index >= 15 is 0 Å². The van der Waals surface area contributed by atoms with Gasteiger partial charge in [-0.05, 0) is 22.9 Å². The Labute approximate surface area is 162 Å². The van der Waals surface area contributed by atoms with E-state index in [1.807, 2.05) is 0 Å². The van der Waals surface area contributed by atoms with E-state index in [1.165, 1.54) is 4.90 Å². The van der Waals surface area contributed by atoms with Gasteiger partial charge in [-0.1, -0.05) is 17.4 Å². The molecule has 3 aromatic rings. The molecule has 0 saturated carbocycles. The van der Waals surface area contributed by atoms with E-state index in [0.717, 1.165) is 16.9 Å². The van der Waals surface area contributed by atoms with Gasteiger partial charge >= 0.3 is 0 Å². The minimum Gasteiger partial charge on any atom is -0.448 e. The summed E-state index contributed by atoms with van der Waals surface area (Å²) in [5.41, 5.74) is 2.41. The lowest BCUT2D eigenvalue weighted by molar-refractivity contribution is 0.0831. The van der Waals surface area contributed by atoms with Gasteiger partial charge in [-0.2, -0.15) is 0 Å². The molecule has 3 aromatic heterocycles. The number of amides is 2. The van der Waals surface area contributed by atoms with Crippen LogP contribution in [0.25, 0.3) is 11.1 Å². The van der Waals surface area contributed by atoms with Crippen LogP contribution in [0.4, 0.5) is 5.13 Å². The van der Waals surface area contributed by atoms with Crippen molar-refractivity contribution >= 4 is 55.3 Å². The minimum absolute atomic E-state index is 0.141. The van der Waals surface area contributed by atoms with Crippen LogP contribution in [-0.2, 0) is 6.54 Å². The largest absolute Gasteiger partial charge is 0.448 e. The van der Waals surface area contributed by atoms with E-state index in [2.05, 4.69) is 32.8 Å². The molecule has 0 saturated heterocycles. The fourth-order valence-electron chi connectivity index (χ4n) is 2.54. The topological polar surface area (TPSA) is 80.4 Å². The minimum atomic E-state index is -0.327. The molecule has 3 rings (SSSR count). The maximum atomic E-state index is 12.7. The highest BCUT2D eigenvalue weighted by Gasteiger charge is 2.21. The number of hydrogen-bond donors (Lipinski definition) is 1. The maximum Gasteiger partial charge on any atom is 0.274 e. The third kappa shape index (κ3) is 3.32. The molecular formula is C17H17BrN4O3S. The summed E-state index contributed by atoms with van der Waals surface area (Å²) in [5, 5.41) is 3.14. The van der Waals surface area contributed by atoms with Gasteiger partial charge in [0.05, 0.1) is 11.2 Å². The number of hydrogen-bond acceptors (Lipinski definition) is 5. The normalized spacial score (nSPS) is 10.9. The Hall–Kier alpha value is -2.39. The van der Waals surface area contributed by atoms with Crippen molar-refractivity contribution in [3.8, 4) is 0 Å². The zero-order valence-corrected chi connectivity index (χ0v) is 16.9.